The SMILES string of the molecule is CC(C)P(C(C)C)C(C)C.CC(C)P(C(C)C)C(C)C.F[B-](F)(F)F.Fc1c(F)c(F)c2c(c1F)C1C=CC2C=C1.[Ir]. The van der Waals surface area contributed by atoms with Gasteiger partial charge in [-0.2, -0.15) is 0 Å². The van der Waals surface area contributed by atoms with Gasteiger partial charge in [-0.3, -0.25) is 0 Å². The maximum absolute atomic E-state index is 13.5. The molecule has 0 unspecified atom stereocenters. The van der Waals surface area contributed by atoms with E-state index in [0.717, 1.165) is 34.0 Å². The van der Waals surface area contributed by atoms with Gasteiger partial charge in [0.1, 0.15) is 0 Å². The summed E-state index contributed by atoms with van der Waals surface area (Å²) in [4.78, 5) is 0. The first-order valence-corrected chi connectivity index (χ1v) is 17.3. The molecule has 0 heterocycles. The summed E-state index contributed by atoms with van der Waals surface area (Å²) in [5, 5.41) is 0. The monoisotopic (exact) mass is 826 g/mol. The van der Waals surface area contributed by atoms with Gasteiger partial charge in [0, 0.05) is 43.1 Å². The quantitative estimate of drug-likeness (QED) is 0.0669. The Morgan fingerprint density at radius 2 is 0.619 bits per heavy atom. The van der Waals surface area contributed by atoms with Crippen LogP contribution in [-0.4, -0.2) is 41.2 Å². The molecule has 2 bridgehead atoms. The molecule has 0 saturated heterocycles. The van der Waals surface area contributed by atoms with Gasteiger partial charge in [-0.15, -0.1) is 0 Å². The Bertz CT molecular complexity index is 879. The van der Waals surface area contributed by atoms with Crippen LogP contribution >= 0.6 is 15.8 Å². The molecule has 12 heteroatoms. The van der Waals surface area contributed by atoms with Gasteiger partial charge in [-0.25, -0.2) is 17.6 Å². The number of benzene rings is 1. The summed E-state index contributed by atoms with van der Waals surface area (Å²) in [7, 11) is -5.48. The molecule has 1 aromatic rings. The van der Waals surface area contributed by atoms with Gasteiger partial charge in [0.25, 0.3) is 0 Å². The number of rotatable bonds is 6. The standard InChI is InChI=1S/C12H6F4.2C9H21P.BF4.Ir/c13-9-7-5-1-2-6(4-3-5)8(7)10(14)12(16)11(9)15;2*1-7(2)10(8(3)4)9(5)6;2-1(3,4)5;/h1-6H;2*7-9H,1-6H3;;/q;;;-1;. The number of hydrogen-bond acceptors (Lipinski definition) is 0. The predicted octanol–water partition coefficient (Wildman–Crippen LogP) is 12.2. The summed E-state index contributed by atoms with van der Waals surface area (Å²) >= 11 is 0. The summed E-state index contributed by atoms with van der Waals surface area (Å²) < 4.78 is 92.2. The van der Waals surface area contributed by atoms with Gasteiger partial charge in [-0.05, 0) is 34.0 Å². The normalized spacial score (nSPS) is 17.0. The fourth-order valence-electron chi connectivity index (χ4n) is 5.89. The van der Waals surface area contributed by atoms with Crippen molar-refractivity contribution in [2.24, 2.45) is 0 Å². The minimum atomic E-state index is -6.00. The molecule has 3 aliphatic rings. The minimum absolute atomic E-state index is 0. The second-order valence-electron chi connectivity index (χ2n) is 11.9. The Kier molecular flexibility index (Phi) is 20.1. The van der Waals surface area contributed by atoms with Crippen molar-refractivity contribution in [1.29, 1.82) is 0 Å². The van der Waals surface area contributed by atoms with Gasteiger partial charge in [0.15, 0.2) is 23.3 Å². The molecule has 0 spiro atoms. The minimum Gasteiger partial charge on any atom is -0.418 e. The van der Waals surface area contributed by atoms with Crippen molar-refractivity contribution in [2.45, 2.75) is 129 Å². The van der Waals surface area contributed by atoms with Crippen molar-refractivity contribution in [1.82, 2.24) is 0 Å². The van der Waals surface area contributed by atoms with Crippen molar-refractivity contribution in [3.8, 4) is 0 Å². The Labute approximate surface area is 264 Å². The predicted molar refractivity (Wildman–Crippen MR) is 165 cm³/mol. The molecule has 1 radical (unpaired) electrons. The molecule has 1 aromatic carbocycles. The molecule has 0 N–H and O–H groups in total. The van der Waals surface area contributed by atoms with Crippen LogP contribution in [0, 0.1) is 23.3 Å². The third kappa shape index (κ3) is 13.8. The van der Waals surface area contributed by atoms with Crippen LogP contribution in [0.4, 0.5) is 34.8 Å². The van der Waals surface area contributed by atoms with E-state index in [2.05, 4.69) is 83.1 Å². The number of hydrogen-bond donors (Lipinski definition) is 0. The van der Waals surface area contributed by atoms with E-state index in [1.807, 2.05) is 0 Å². The van der Waals surface area contributed by atoms with E-state index in [1.54, 1.807) is 24.3 Å². The first-order chi connectivity index (χ1) is 18.5. The van der Waals surface area contributed by atoms with E-state index >= 15 is 0 Å². The zero-order chi connectivity index (χ0) is 32.6. The van der Waals surface area contributed by atoms with Crippen molar-refractivity contribution in [3.63, 3.8) is 0 Å². The molecule has 0 aliphatic heterocycles. The maximum atomic E-state index is 13.5. The van der Waals surface area contributed by atoms with Crippen LogP contribution in [0.5, 0.6) is 0 Å². The van der Waals surface area contributed by atoms with Crippen LogP contribution in [-0.2, 0) is 20.1 Å². The molecule has 3 aliphatic carbocycles. The molecular formula is C30H48BF8IrP2-. The van der Waals surface area contributed by atoms with Crippen LogP contribution in [0.25, 0.3) is 0 Å². The summed E-state index contributed by atoms with van der Waals surface area (Å²) in [6.45, 7) is 28.2. The summed E-state index contributed by atoms with van der Waals surface area (Å²) in [6.07, 6.45) is 6.64. The molecule has 0 nitrogen and oxygen atoms in total. The molecule has 0 saturated carbocycles. The molecule has 247 valence electrons. The third-order valence-corrected chi connectivity index (χ3v) is 13.8. The zero-order valence-corrected chi connectivity index (χ0v) is 30.9. The van der Waals surface area contributed by atoms with Gasteiger partial charge in [0.2, 0.25) is 0 Å². The van der Waals surface area contributed by atoms with Crippen molar-refractivity contribution < 1.29 is 54.9 Å². The van der Waals surface area contributed by atoms with Gasteiger partial charge < -0.3 is 17.3 Å². The van der Waals surface area contributed by atoms with Crippen molar-refractivity contribution in [3.05, 3.63) is 58.7 Å². The topological polar surface area (TPSA) is 0 Å². The van der Waals surface area contributed by atoms with E-state index < -0.39 is 42.4 Å². The molecular weight excluding hydrogens is 777 g/mol. The van der Waals surface area contributed by atoms with Crippen LogP contribution in [0.1, 0.15) is 106 Å². The van der Waals surface area contributed by atoms with Crippen LogP contribution in [0.15, 0.2) is 24.3 Å². The average molecular weight is 826 g/mol. The van der Waals surface area contributed by atoms with Crippen LogP contribution in [0.2, 0.25) is 0 Å². The van der Waals surface area contributed by atoms with E-state index in [1.165, 1.54) is 0 Å². The largest absolute Gasteiger partial charge is 0.673 e. The van der Waals surface area contributed by atoms with Gasteiger partial charge in [-0.1, -0.05) is 123 Å². The smallest absolute Gasteiger partial charge is 0.418 e. The second kappa shape index (κ2) is 19.3. The zero-order valence-electron chi connectivity index (χ0n) is 26.8. The van der Waals surface area contributed by atoms with E-state index in [0.29, 0.717) is 0 Å². The van der Waals surface area contributed by atoms with E-state index in [9.17, 15) is 34.8 Å². The molecule has 0 fully saturated rings. The summed E-state index contributed by atoms with van der Waals surface area (Å²) in [6, 6.07) is 0. The van der Waals surface area contributed by atoms with Crippen LogP contribution in [0.3, 0.4) is 0 Å². The number of halogens is 8. The third-order valence-electron chi connectivity index (χ3n) is 6.64. The first kappa shape index (κ1) is 43.8. The molecule has 0 atom stereocenters. The number of allylic oxidation sites excluding steroid dienone is 4. The Morgan fingerprint density at radius 3 is 0.738 bits per heavy atom. The van der Waals surface area contributed by atoms with Crippen molar-refractivity contribution in [2.75, 3.05) is 0 Å². The Balaban J connectivity index is 0. The Morgan fingerprint density at radius 1 is 0.452 bits per heavy atom. The summed E-state index contributed by atoms with van der Waals surface area (Å²) in [5.74, 6) is -7.01. The second-order valence-corrected chi connectivity index (χ2v) is 19.8. The molecule has 0 aromatic heterocycles. The summed E-state index contributed by atoms with van der Waals surface area (Å²) in [5.41, 5.74) is 5.23. The Hall–Kier alpha value is -0.286. The van der Waals surface area contributed by atoms with Gasteiger partial charge in [0.05, 0.1) is 0 Å². The fraction of sp³-hybridized carbons (Fsp3) is 0.667. The van der Waals surface area contributed by atoms with E-state index in [-0.39, 0.29) is 47.1 Å². The van der Waals surface area contributed by atoms with Crippen molar-refractivity contribution >= 4 is 23.1 Å². The molecule has 0 amide bonds. The van der Waals surface area contributed by atoms with Gasteiger partial charge >= 0.3 is 7.25 Å². The first-order valence-electron chi connectivity index (χ1n) is 14.2. The average Bonchev–Trinajstić information content (AvgIpc) is 2.79. The fourth-order valence-corrected chi connectivity index (χ4v) is 13.0. The molecule has 42 heavy (non-hydrogen) atoms. The van der Waals surface area contributed by atoms with E-state index in [4.69, 9.17) is 0 Å². The molecule has 4 rings (SSSR count). The van der Waals surface area contributed by atoms with Crippen LogP contribution < -0.4 is 0 Å². The maximum Gasteiger partial charge on any atom is 0.673 e.